The molecule has 0 aliphatic heterocycles. The Morgan fingerprint density at radius 3 is 2.20 bits per heavy atom. The van der Waals surface area contributed by atoms with Crippen molar-refractivity contribution in [3.8, 4) is 0 Å². The van der Waals surface area contributed by atoms with Crippen LogP contribution in [0.2, 0.25) is 0 Å². The van der Waals surface area contributed by atoms with E-state index in [1.54, 1.807) is 0 Å². The SMILES string of the molecule is O=C([Se])c1ccc([N+](=O)[O-])cc1[N+](=O)[O-]. The van der Waals surface area contributed by atoms with Crippen LogP contribution < -0.4 is 0 Å². The maximum atomic E-state index is 10.9. The fraction of sp³-hybridized carbons (Fsp3) is 0. The van der Waals surface area contributed by atoms with Gasteiger partial charge in [-0.25, -0.2) is 0 Å². The number of rotatable bonds is 3. The zero-order chi connectivity index (χ0) is 11.6. The Morgan fingerprint density at radius 1 is 1.20 bits per heavy atom. The van der Waals surface area contributed by atoms with Gasteiger partial charge in [0.05, 0.1) is 0 Å². The molecule has 77 valence electrons. The molecule has 0 aromatic heterocycles. The Morgan fingerprint density at radius 2 is 1.80 bits per heavy atom. The molecule has 8 heteroatoms. The van der Waals surface area contributed by atoms with Gasteiger partial charge in [0.2, 0.25) is 0 Å². The van der Waals surface area contributed by atoms with Gasteiger partial charge >= 0.3 is 90.7 Å². The van der Waals surface area contributed by atoms with E-state index in [2.05, 4.69) is 16.0 Å². The molecule has 0 aliphatic rings. The first-order valence-corrected chi connectivity index (χ1v) is 4.43. The molecule has 0 atom stereocenters. The Bertz CT molecular complexity index is 459. The van der Waals surface area contributed by atoms with Crippen LogP contribution >= 0.6 is 0 Å². The van der Waals surface area contributed by atoms with Crippen molar-refractivity contribution in [2.75, 3.05) is 0 Å². The molecule has 1 aromatic rings. The van der Waals surface area contributed by atoms with E-state index < -0.39 is 25.9 Å². The summed E-state index contributed by atoms with van der Waals surface area (Å²) in [6, 6.07) is 2.84. The van der Waals surface area contributed by atoms with Crippen LogP contribution in [-0.4, -0.2) is 30.5 Å². The molecule has 0 saturated heterocycles. The van der Waals surface area contributed by atoms with E-state index in [0.717, 1.165) is 18.2 Å². The summed E-state index contributed by atoms with van der Waals surface area (Å²) in [6.07, 6.45) is 0. The van der Waals surface area contributed by atoms with Crippen LogP contribution in [0, 0.1) is 20.2 Å². The van der Waals surface area contributed by atoms with Gasteiger partial charge in [0, 0.05) is 0 Å². The number of nitro groups is 2. The monoisotopic (exact) mass is 275 g/mol. The van der Waals surface area contributed by atoms with Gasteiger partial charge in [-0.2, -0.15) is 0 Å². The molecule has 7 nitrogen and oxygen atoms in total. The van der Waals surface area contributed by atoms with Crippen LogP contribution in [0.5, 0.6) is 0 Å². The quantitative estimate of drug-likeness (QED) is 0.461. The number of benzene rings is 1. The zero-order valence-electron chi connectivity index (χ0n) is 7.08. The molecule has 0 bridgehead atoms. The predicted octanol–water partition coefficient (Wildman–Crippen LogP) is 0.812. The van der Waals surface area contributed by atoms with E-state index in [1.807, 2.05) is 0 Å². The third-order valence-corrected chi connectivity index (χ3v) is 2.07. The number of nitrogens with zero attached hydrogens (tertiary/aromatic N) is 2. The molecular weight excluding hydrogens is 271 g/mol. The first-order chi connectivity index (χ1) is 6.93. The minimum absolute atomic E-state index is 0.189. The van der Waals surface area contributed by atoms with Gasteiger partial charge in [-0.05, 0) is 0 Å². The van der Waals surface area contributed by atoms with E-state index in [-0.39, 0.29) is 5.56 Å². The number of carbonyl (C=O) groups is 1. The summed E-state index contributed by atoms with van der Waals surface area (Å²) in [5.41, 5.74) is -1.19. The van der Waals surface area contributed by atoms with Crippen LogP contribution in [0.4, 0.5) is 11.4 Å². The summed E-state index contributed by atoms with van der Waals surface area (Å²) in [7, 11) is 0. The Labute approximate surface area is 91.2 Å². The van der Waals surface area contributed by atoms with Gasteiger partial charge in [0.1, 0.15) is 0 Å². The summed E-state index contributed by atoms with van der Waals surface area (Å²) in [5, 5.41) is 20.9. The van der Waals surface area contributed by atoms with Gasteiger partial charge in [-0.1, -0.05) is 0 Å². The molecule has 0 unspecified atom stereocenters. The van der Waals surface area contributed by atoms with Gasteiger partial charge in [-0.15, -0.1) is 0 Å². The normalized spacial score (nSPS) is 9.60. The molecule has 0 heterocycles. The summed E-state index contributed by atoms with van der Waals surface area (Å²) < 4.78 is -0.628. The van der Waals surface area contributed by atoms with E-state index in [0.29, 0.717) is 0 Å². The maximum absolute atomic E-state index is 10.9. The fourth-order valence-electron chi connectivity index (χ4n) is 0.957. The molecule has 1 aromatic carbocycles. The van der Waals surface area contributed by atoms with Gasteiger partial charge in [-0.3, -0.25) is 0 Å². The first kappa shape index (κ1) is 11.3. The molecular formula is C7H3N2O5Se. The van der Waals surface area contributed by atoms with Crippen molar-refractivity contribution < 1.29 is 14.6 Å². The number of hydrogen-bond acceptors (Lipinski definition) is 5. The van der Waals surface area contributed by atoms with Crippen molar-refractivity contribution in [1.29, 1.82) is 0 Å². The van der Waals surface area contributed by atoms with Crippen molar-refractivity contribution in [2.45, 2.75) is 0 Å². The molecule has 1 radical (unpaired) electrons. The van der Waals surface area contributed by atoms with Crippen LogP contribution in [0.15, 0.2) is 18.2 Å². The first-order valence-electron chi connectivity index (χ1n) is 3.57. The van der Waals surface area contributed by atoms with Crippen molar-refractivity contribution in [3.05, 3.63) is 44.0 Å². The van der Waals surface area contributed by atoms with Crippen LogP contribution in [0.25, 0.3) is 0 Å². The summed E-state index contributed by atoms with van der Waals surface area (Å²) in [5.74, 6) is 0. The van der Waals surface area contributed by atoms with Crippen molar-refractivity contribution in [2.24, 2.45) is 0 Å². The van der Waals surface area contributed by atoms with E-state index >= 15 is 0 Å². The second kappa shape index (κ2) is 4.16. The topological polar surface area (TPSA) is 103 Å². The average molecular weight is 274 g/mol. The van der Waals surface area contributed by atoms with E-state index in [4.69, 9.17) is 0 Å². The molecule has 1 rings (SSSR count). The Kier molecular flexibility index (Phi) is 3.13. The summed E-state index contributed by atoms with van der Waals surface area (Å²) >= 11 is 2.09. The molecule has 0 spiro atoms. The molecule has 0 aliphatic carbocycles. The number of carbonyl (C=O) groups excluding carboxylic acids is 1. The van der Waals surface area contributed by atoms with Crippen molar-refractivity contribution in [1.82, 2.24) is 0 Å². The third kappa shape index (κ3) is 2.36. The second-order valence-corrected chi connectivity index (χ2v) is 3.28. The molecule has 0 fully saturated rings. The van der Waals surface area contributed by atoms with Crippen molar-refractivity contribution >= 4 is 32.1 Å². The van der Waals surface area contributed by atoms with Gasteiger partial charge in [0.25, 0.3) is 0 Å². The average Bonchev–Trinajstić information content (AvgIpc) is 2.16. The number of non-ortho nitro benzene ring substituents is 1. The Hall–Kier alpha value is -1.79. The molecule has 0 amide bonds. The Balaban J connectivity index is 3.40. The second-order valence-electron chi connectivity index (χ2n) is 2.50. The van der Waals surface area contributed by atoms with Crippen LogP contribution in [-0.2, 0) is 0 Å². The summed E-state index contributed by atoms with van der Waals surface area (Å²) in [6.45, 7) is 0. The minimum atomic E-state index is -0.836. The van der Waals surface area contributed by atoms with Gasteiger partial charge < -0.3 is 0 Å². The van der Waals surface area contributed by atoms with Crippen molar-refractivity contribution in [3.63, 3.8) is 0 Å². The summed E-state index contributed by atoms with van der Waals surface area (Å²) in [4.78, 5) is 30.2. The van der Waals surface area contributed by atoms with E-state index in [1.165, 1.54) is 0 Å². The number of hydrogen-bond donors (Lipinski definition) is 0. The van der Waals surface area contributed by atoms with Gasteiger partial charge in [0.15, 0.2) is 0 Å². The standard InChI is InChI=1S/C7H3N2O5Se/c10-7(15)5-2-1-4(8(11)12)3-6(5)9(13)14/h1-3H. The van der Waals surface area contributed by atoms with Crippen LogP contribution in [0.3, 0.4) is 0 Å². The third-order valence-electron chi connectivity index (χ3n) is 1.61. The molecule has 15 heavy (non-hydrogen) atoms. The molecule has 0 saturated carbocycles. The number of nitro benzene ring substituents is 2. The van der Waals surface area contributed by atoms with E-state index in [9.17, 15) is 25.0 Å². The zero-order valence-corrected chi connectivity index (χ0v) is 8.79. The van der Waals surface area contributed by atoms with Crippen LogP contribution in [0.1, 0.15) is 10.4 Å². The predicted molar refractivity (Wildman–Crippen MR) is 49.8 cm³/mol. The molecule has 0 N–H and O–H groups in total. The fourth-order valence-corrected chi connectivity index (χ4v) is 1.32.